The van der Waals surface area contributed by atoms with Gasteiger partial charge in [-0.2, -0.15) is 0 Å². The third-order valence-electron chi connectivity index (χ3n) is 3.88. The fraction of sp³-hybridized carbons (Fsp3) is 0.158. The molecule has 5 heteroatoms. The predicted molar refractivity (Wildman–Crippen MR) is 100 cm³/mol. The number of aromatic nitrogens is 1. The lowest BCUT2D eigenvalue weighted by Crippen LogP contribution is -2.23. The summed E-state index contributed by atoms with van der Waals surface area (Å²) in [4.78, 5) is 15.9. The monoisotopic (exact) mass is 339 g/mol. The highest BCUT2D eigenvalue weighted by Crippen LogP contribution is 2.30. The molecule has 1 heterocycles. The summed E-state index contributed by atoms with van der Waals surface area (Å²) in [5.74, 6) is 0.0915. The highest BCUT2D eigenvalue weighted by atomic mass is 35.5. The zero-order valence-corrected chi connectivity index (χ0v) is 14.3. The zero-order valence-electron chi connectivity index (χ0n) is 13.5. The Kier molecular flexibility index (Phi) is 4.67. The Balaban J connectivity index is 1.96. The first-order chi connectivity index (χ1) is 11.5. The molecule has 2 N–H and O–H groups in total. The molecular formula is C19H18ClN3O. The van der Waals surface area contributed by atoms with E-state index in [1.807, 2.05) is 55.5 Å². The lowest BCUT2D eigenvalue weighted by atomic mass is 10.1. The van der Waals surface area contributed by atoms with E-state index in [-0.39, 0.29) is 11.8 Å². The van der Waals surface area contributed by atoms with Gasteiger partial charge in [0.15, 0.2) is 5.78 Å². The van der Waals surface area contributed by atoms with Crippen LogP contribution in [-0.2, 0) is 4.79 Å². The van der Waals surface area contributed by atoms with Gasteiger partial charge in [-0.25, -0.2) is 0 Å². The van der Waals surface area contributed by atoms with Crippen molar-refractivity contribution in [3.05, 3.63) is 59.8 Å². The molecule has 1 aromatic heterocycles. The second-order valence-corrected chi connectivity index (χ2v) is 6.10. The Bertz CT molecular complexity index is 895. The molecule has 3 aromatic rings. The van der Waals surface area contributed by atoms with Crippen molar-refractivity contribution in [2.45, 2.75) is 19.9 Å². The topological polar surface area (TPSA) is 54.0 Å². The van der Waals surface area contributed by atoms with Crippen LogP contribution in [0.25, 0.3) is 10.9 Å². The molecular weight excluding hydrogens is 322 g/mol. The maximum absolute atomic E-state index is 11.5. The summed E-state index contributed by atoms with van der Waals surface area (Å²) in [5, 5.41) is 8.30. The molecule has 24 heavy (non-hydrogen) atoms. The van der Waals surface area contributed by atoms with E-state index in [9.17, 15) is 4.79 Å². The van der Waals surface area contributed by atoms with E-state index in [0.29, 0.717) is 5.02 Å². The largest absolute Gasteiger partial charge is 0.374 e. The summed E-state index contributed by atoms with van der Waals surface area (Å²) in [7, 11) is 0. The fourth-order valence-electron chi connectivity index (χ4n) is 2.43. The van der Waals surface area contributed by atoms with Gasteiger partial charge in [-0.05, 0) is 50.2 Å². The molecule has 0 saturated carbocycles. The molecule has 0 radical (unpaired) electrons. The van der Waals surface area contributed by atoms with Gasteiger partial charge in [0.05, 0.1) is 22.9 Å². The van der Waals surface area contributed by atoms with Gasteiger partial charge in [-0.3, -0.25) is 9.78 Å². The summed E-state index contributed by atoms with van der Waals surface area (Å²) < 4.78 is 0. The van der Waals surface area contributed by atoms with Crippen LogP contribution < -0.4 is 10.6 Å². The second-order valence-electron chi connectivity index (χ2n) is 5.67. The van der Waals surface area contributed by atoms with Gasteiger partial charge in [0.2, 0.25) is 0 Å². The molecule has 0 bridgehead atoms. The van der Waals surface area contributed by atoms with Crippen LogP contribution in [0.4, 0.5) is 17.1 Å². The number of ketones is 1. The standard InChI is InChI=1S/C19H18ClN3O/c1-12(13(2)24)22-17-5-3-4-6-18(17)23-16-9-10-21-19-11-14(20)7-8-15(16)19/h3-12,22H,1-2H3,(H,21,23). The zero-order chi connectivity index (χ0) is 17.1. The SMILES string of the molecule is CC(=O)C(C)Nc1ccccc1Nc1ccnc2cc(Cl)ccc12. The Morgan fingerprint density at radius 2 is 1.83 bits per heavy atom. The molecule has 3 rings (SSSR count). The van der Waals surface area contributed by atoms with Crippen molar-refractivity contribution in [1.82, 2.24) is 4.98 Å². The van der Waals surface area contributed by atoms with E-state index in [1.165, 1.54) is 0 Å². The lowest BCUT2D eigenvalue weighted by molar-refractivity contribution is -0.117. The van der Waals surface area contributed by atoms with Gasteiger partial charge in [-0.15, -0.1) is 0 Å². The van der Waals surface area contributed by atoms with Gasteiger partial charge in [0, 0.05) is 22.3 Å². The number of nitrogens with zero attached hydrogens (tertiary/aromatic N) is 1. The van der Waals surface area contributed by atoms with E-state index in [2.05, 4.69) is 15.6 Å². The number of fused-ring (bicyclic) bond motifs is 1. The van der Waals surface area contributed by atoms with Crippen molar-refractivity contribution in [2.75, 3.05) is 10.6 Å². The van der Waals surface area contributed by atoms with E-state index in [4.69, 9.17) is 11.6 Å². The molecule has 1 atom stereocenters. The Morgan fingerprint density at radius 3 is 2.58 bits per heavy atom. The molecule has 0 amide bonds. The number of nitrogens with one attached hydrogen (secondary N) is 2. The van der Waals surface area contributed by atoms with Crippen LogP contribution in [0.3, 0.4) is 0 Å². The third-order valence-corrected chi connectivity index (χ3v) is 4.12. The lowest BCUT2D eigenvalue weighted by Gasteiger charge is -2.17. The van der Waals surface area contributed by atoms with Gasteiger partial charge in [0.1, 0.15) is 0 Å². The minimum Gasteiger partial charge on any atom is -0.374 e. The normalized spacial score (nSPS) is 12.0. The van der Waals surface area contributed by atoms with Gasteiger partial charge >= 0.3 is 0 Å². The Labute approximate surface area is 145 Å². The number of hydrogen-bond donors (Lipinski definition) is 2. The minimum absolute atomic E-state index is 0.0915. The molecule has 122 valence electrons. The number of halogens is 1. The molecule has 1 unspecified atom stereocenters. The first kappa shape index (κ1) is 16.3. The number of carbonyl (C=O) groups excluding carboxylic acids is 1. The minimum atomic E-state index is -0.249. The van der Waals surface area contributed by atoms with E-state index in [1.54, 1.807) is 13.1 Å². The highest BCUT2D eigenvalue weighted by molar-refractivity contribution is 6.31. The summed E-state index contributed by atoms with van der Waals surface area (Å²) >= 11 is 6.04. The van der Waals surface area contributed by atoms with Crippen LogP contribution in [0.5, 0.6) is 0 Å². The van der Waals surface area contributed by atoms with Crippen molar-refractivity contribution < 1.29 is 4.79 Å². The molecule has 0 aliphatic carbocycles. The summed E-state index contributed by atoms with van der Waals surface area (Å²) in [6.07, 6.45) is 1.75. The molecule has 0 spiro atoms. The number of rotatable bonds is 5. The highest BCUT2D eigenvalue weighted by Gasteiger charge is 2.11. The average molecular weight is 340 g/mol. The summed E-state index contributed by atoms with van der Waals surface area (Å²) in [5.41, 5.74) is 3.53. The van der Waals surface area contributed by atoms with Crippen molar-refractivity contribution in [3.63, 3.8) is 0 Å². The average Bonchev–Trinajstić information content (AvgIpc) is 2.56. The molecule has 2 aromatic carbocycles. The summed E-state index contributed by atoms with van der Waals surface area (Å²) in [6.45, 7) is 3.43. The van der Waals surface area contributed by atoms with Gasteiger partial charge in [0.25, 0.3) is 0 Å². The van der Waals surface area contributed by atoms with Crippen LogP contribution in [0.15, 0.2) is 54.7 Å². The molecule has 4 nitrogen and oxygen atoms in total. The van der Waals surface area contributed by atoms with Crippen LogP contribution >= 0.6 is 11.6 Å². The van der Waals surface area contributed by atoms with Crippen LogP contribution in [0, 0.1) is 0 Å². The maximum atomic E-state index is 11.5. The first-order valence-corrected chi connectivity index (χ1v) is 8.09. The molecule has 0 fully saturated rings. The van der Waals surface area contributed by atoms with E-state index < -0.39 is 0 Å². The summed E-state index contributed by atoms with van der Waals surface area (Å²) in [6, 6.07) is 15.1. The van der Waals surface area contributed by atoms with E-state index in [0.717, 1.165) is 28.0 Å². The Morgan fingerprint density at radius 1 is 1.08 bits per heavy atom. The number of anilines is 3. The number of carbonyl (C=O) groups is 1. The van der Waals surface area contributed by atoms with Crippen molar-refractivity contribution >= 4 is 45.3 Å². The number of hydrogen-bond acceptors (Lipinski definition) is 4. The number of para-hydroxylation sites is 2. The number of pyridine rings is 1. The second kappa shape index (κ2) is 6.89. The Hall–Kier alpha value is -2.59. The van der Waals surface area contributed by atoms with Gasteiger partial charge in [-0.1, -0.05) is 23.7 Å². The number of benzene rings is 2. The predicted octanol–water partition coefficient (Wildman–Crippen LogP) is 5.02. The third kappa shape index (κ3) is 3.49. The van der Waals surface area contributed by atoms with Crippen molar-refractivity contribution in [1.29, 1.82) is 0 Å². The molecule has 0 aliphatic rings. The van der Waals surface area contributed by atoms with Crippen LogP contribution in [-0.4, -0.2) is 16.8 Å². The molecule has 0 saturated heterocycles. The van der Waals surface area contributed by atoms with Crippen LogP contribution in [0.1, 0.15) is 13.8 Å². The van der Waals surface area contributed by atoms with Gasteiger partial charge < -0.3 is 10.6 Å². The maximum Gasteiger partial charge on any atom is 0.151 e. The molecule has 0 aliphatic heterocycles. The smallest absolute Gasteiger partial charge is 0.151 e. The first-order valence-electron chi connectivity index (χ1n) is 7.72. The van der Waals surface area contributed by atoms with E-state index >= 15 is 0 Å². The van der Waals surface area contributed by atoms with Crippen LogP contribution in [0.2, 0.25) is 5.02 Å². The van der Waals surface area contributed by atoms with Crippen molar-refractivity contribution in [2.24, 2.45) is 0 Å². The fourth-order valence-corrected chi connectivity index (χ4v) is 2.59. The number of Topliss-reactive ketones (excluding diaryl/α,β-unsaturated/α-hetero) is 1. The quantitative estimate of drug-likeness (QED) is 0.685. The van der Waals surface area contributed by atoms with Crippen molar-refractivity contribution in [3.8, 4) is 0 Å².